The minimum Gasteiger partial charge on any atom is -0.478 e. The Morgan fingerprint density at radius 3 is 2.27 bits per heavy atom. The first-order chi connectivity index (χ1) is 5.07. The first-order valence-electron chi connectivity index (χ1n) is 2.71. The van der Waals surface area contributed by atoms with E-state index in [2.05, 4.69) is 0 Å². The summed E-state index contributed by atoms with van der Waals surface area (Å²) in [5.74, 6) is -1.89. The van der Waals surface area contributed by atoms with Gasteiger partial charge in [0.25, 0.3) is 5.91 Å². The highest BCUT2D eigenvalue weighted by molar-refractivity contribution is 5.98. The Morgan fingerprint density at radius 2 is 1.91 bits per heavy atom. The van der Waals surface area contributed by atoms with Crippen molar-refractivity contribution in [1.29, 1.82) is 0 Å². The van der Waals surface area contributed by atoms with Crippen molar-refractivity contribution >= 4 is 18.3 Å². The molecular formula is C6H7NO4. The third-order valence-corrected chi connectivity index (χ3v) is 0.874. The van der Waals surface area contributed by atoms with Crippen LogP contribution in [0.25, 0.3) is 0 Å². The summed E-state index contributed by atoms with van der Waals surface area (Å²) in [7, 11) is 1.24. The number of nitrogens with zero attached hydrogens (tertiary/aromatic N) is 1. The highest BCUT2D eigenvalue weighted by Gasteiger charge is 2.01. The van der Waals surface area contributed by atoms with Crippen LogP contribution in [0, 0.1) is 0 Å². The maximum absolute atomic E-state index is 10.6. The second kappa shape index (κ2) is 4.21. The smallest absolute Gasteiger partial charge is 0.328 e. The van der Waals surface area contributed by atoms with E-state index in [0.29, 0.717) is 12.5 Å². The number of carboxylic acid groups (broad SMARTS) is 1. The van der Waals surface area contributed by atoms with Gasteiger partial charge in [-0.2, -0.15) is 0 Å². The summed E-state index contributed by atoms with van der Waals surface area (Å²) in [6, 6.07) is 0. The van der Waals surface area contributed by atoms with E-state index >= 15 is 0 Å². The van der Waals surface area contributed by atoms with Gasteiger partial charge >= 0.3 is 5.97 Å². The quantitative estimate of drug-likeness (QED) is 0.431. The minimum absolute atomic E-state index is 0.300. The van der Waals surface area contributed by atoms with Crippen LogP contribution in [0.5, 0.6) is 0 Å². The van der Waals surface area contributed by atoms with Crippen molar-refractivity contribution in [2.75, 3.05) is 7.05 Å². The maximum atomic E-state index is 10.6. The number of carboxylic acids is 1. The van der Waals surface area contributed by atoms with Gasteiger partial charge in [0.15, 0.2) is 0 Å². The summed E-state index contributed by atoms with van der Waals surface area (Å²) in [5, 5.41) is 8.07. The number of rotatable bonds is 3. The molecular weight excluding hydrogens is 150 g/mol. The number of likely N-dealkylation sites (N-methyl/N-ethyl adjacent to an activating group) is 1. The molecule has 0 heterocycles. The summed E-state index contributed by atoms with van der Waals surface area (Å²) in [6.07, 6.45) is 1.77. The molecule has 0 aliphatic heterocycles. The highest BCUT2D eigenvalue weighted by Crippen LogP contribution is 1.81. The van der Waals surface area contributed by atoms with Crippen molar-refractivity contribution in [3.05, 3.63) is 12.2 Å². The van der Waals surface area contributed by atoms with Crippen molar-refractivity contribution in [1.82, 2.24) is 4.90 Å². The first-order valence-corrected chi connectivity index (χ1v) is 2.71. The molecule has 0 fully saturated rings. The molecule has 1 N–H and O–H groups in total. The van der Waals surface area contributed by atoms with Crippen LogP contribution < -0.4 is 0 Å². The van der Waals surface area contributed by atoms with Crippen molar-refractivity contribution in [3.63, 3.8) is 0 Å². The predicted molar refractivity (Wildman–Crippen MR) is 35.6 cm³/mol. The Labute approximate surface area is 62.9 Å². The average Bonchev–Trinajstić information content (AvgIpc) is 1.98. The Kier molecular flexibility index (Phi) is 3.58. The van der Waals surface area contributed by atoms with Gasteiger partial charge in [-0.25, -0.2) is 4.79 Å². The standard InChI is InChI=1S/C6H7NO4/c1-7(4-8)5(9)2-3-6(10)11/h2-4H,1H3,(H,10,11). The molecule has 0 aromatic heterocycles. The zero-order valence-electron chi connectivity index (χ0n) is 5.85. The van der Waals surface area contributed by atoms with Crippen LogP contribution >= 0.6 is 0 Å². The van der Waals surface area contributed by atoms with E-state index in [1.165, 1.54) is 7.05 Å². The molecule has 0 saturated heterocycles. The van der Waals surface area contributed by atoms with E-state index in [1.54, 1.807) is 0 Å². The molecule has 0 unspecified atom stereocenters. The Morgan fingerprint density at radius 1 is 1.36 bits per heavy atom. The molecule has 0 aromatic rings. The lowest BCUT2D eigenvalue weighted by Gasteiger charge is -2.02. The van der Waals surface area contributed by atoms with Gasteiger partial charge in [0.1, 0.15) is 0 Å². The largest absolute Gasteiger partial charge is 0.478 e. The van der Waals surface area contributed by atoms with Crippen molar-refractivity contribution < 1.29 is 19.5 Å². The molecule has 0 bridgehead atoms. The number of carbonyl (C=O) groups is 3. The van der Waals surface area contributed by atoms with Gasteiger partial charge in [-0.1, -0.05) is 0 Å². The molecule has 0 saturated carbocycles. The van der Waals surface area contributed by atoms with Gasteiger partial charge in [0.05, 0.1) is 0 Å². The second-order valence-electron chi connectivity index (χ2n) is 1.73. The third-order valence-electron chi connectivity index (χ3n) is 0.874. The number of imide groups is 1. The van der Waals surface area contributed by atoms with E-state index in [9.17, 15) is 14.4 Å². The van der Waals surface area contributed by atoms with E-state index in [0.717, 1.165) is 11.0 Å². The third kappa shape index (κ3) is 3.85. The Bertz CT molecular complexity index is 209. The van der Waals surface area contributed by atoms with Crippen LogP contribution in [-0.2, 0) is 14.4 Å². The summed E-state index contributed by atoms with van der Waals surface area (Å²) in [6.45, 7) is 0. The molecule has 0 aromatic carbocycles. The lowest BCUT2D eigenvalue weighted by atomic mass is 10.4. The van der Waals surface area contributed by atoms with Gasteiger partial charge in [0.2, 0.25) is 6.41 Å². The molecule has 0 radical (unpaired) electrons. The number of hydrogen-bond donors (Lipinski definition) is 1. The molecule has 0 atom stereocenters. The van der Waals surface area contributed by atoms with E-state index in [4.69, 9.17) is 5.11 Å². The SMILES string of the molecule is CN(C=O)C(=O)C=CC(=O)O. The number of hydrogen-bond acceptors (Lipinski definition) is 3. The van der Waals surface area contributed by atoms with Gasteiger partial charge in [0, 0.05) is 19.2 Å². The number of amides is 2. The van der Waals surface area contributed by atoms with Crippen molar-refractivity contribution in [3.8, 4) is 0 Å². The van der Waals surface area contributed by atoms with E-state index in [-0.39, 0.29) is 0 Å². The second-order valence-corrected chi connectivity index (χ2v) is 1.73. The summed E-state index contributed by atoms with van der Waals surface area (Å²) >= 11 is 0. The fourth-order valence-electron chi connectivity index (χ4n) is 0.312. The number of carbonyl (C=O) groups excluding carboxylic acids is 2. The Balaban J connectivity index is 4.06. The van der Waals surface area contributed by atoms with Gasteiger partial charge in [-0.15, -0.1) is 0 Å². The van der Waals surface area contributed by atoms with Crippen LogP contribution in [0.4, 0.5) is 0 Å². The zero-order chi connectivity index (χ0) is 8.85. The van der Waals surface area contributed by atoms with Crippen LogP contribution in [0.3, 0.4) is 0 Å². The minimum atomic E-state index is -1.22. The molecule has 5 heteroatoms. The summed E-state index contributed by atoms with van der Waals surface area (Å²) in [4.78, 5) is 31.1. The van der Waals surface area contributed by atoms with Crippen LogP contribution in [-0.4, -0.2) is 35.3 Å². The molecule has 60 valence electrons. The van der Waals surface area contributed by atoms with E-state index < -0.39 is 11.9 Å². The fraction of sp³-hybridized carbons (Fsp3) is 0.167. The van der Waals surface area contributed by atoms with Gasteiger partial charge < -0.3 is 5.11 Å². The molecule has 5 nitrogen and oxygen atoms in total. The predicted octanol–water partition coefficient (Wildman–Crippen LogP) is -0.758. The van der Waals surface area contributed by atoms with Crippen LogP contribution in [0.15, 0.2) is 12.2 Å². The summed E-state index contributed by atoms with van der Waals surface area (Å²) in [5.41, 5.74) is 0. The van der Waals surface area contributed by atoms with Crippen LogP contribution in [0.1, 0.15) is 0 Å². The zero-order valence-corrected chi connectivity index (χ0v) is 5.85. The molecule has 11 heavy (non-hydrogen) atoms. The molecule has 0 aliphatic rings. The summed E-state index contributed by atoms with van der Waals surface area (Å²) < 4.78 is 0. The molecule has 2 amide bonds. The van der Waals surface area contributed by atoms with E-state index in [1.807, 2.05) is 0 Å². The van der Waals surface area contributed by atoms with Crippen molar-refractivity contribution in [2.24, 2.45) is 0 Å². The molecule has 0 spiro atoms. The van der Waals surface area contributed by atoms with Crippen LogP contribution in [0.2, 0.25) is 0 Å². The van der Waals surface area contributed by atoms with Crippen molar-refractivity contribution in [2.45, 2.75) is 0 Å². The molecule has 0 aliphatic carbocycles. The normalized spacial score (nSPS) is 9.55. The first kappa shape index (κ1) is 9.35. The number of aliphatic carboxylic acids is 1. The van der Waals surface area contributed by atoms with Gasteiger partial charge in [-0.3, -0.25) is 14.5 Å². The molecule has 0 rings (SSSR count). The lowest BCUT2D eigenvalue weighted by Crippen LogP contribution is -2.22. The maximum Gasteiger partial charge on any atom is 0.328 e. The topological polar surface area (TPSA) is 74.7 Å². The fourth-order valence-corrected chi connectivity index (χ4v) is 0.312. The highest BCUT2D eigenvalue weighted by atomic mass is 16.4. The monoisotopic (exact) mass is 157 g/mol. The Hall–Kier alpha value is -1.65. The lowest BCUT2D eigenvalue weighted by molar-refractivity contribution is -0.134. The van der Waals surface area contributed by atoms with Gasteiger partial charge in [-0.05, 0) is 0 Å². The average molecular weight is 157 g/mol.